The van der Waals surface area contributed by atoms with Crippen molar-refractivity contribution in [2.24, 2.45) is 0 Å². The third-order valence-corrected chi connectivity index (χ3v) is 1.27. The summed E-state index contributed by atoms with van der Waals surface area (Å²) in [7, 11) is 0. The zero-order valence-corrected chi connectivity index (χ0v) is 6.93. The Kier molecular flexibility index (Phi) is 6.51. The van der Waals surface area contributed by atoms with Crippen molar-refractivity contribution in [2.45, 2.75) is 32.6 Å². The highest BCUT2D eigenvalue weighted by atomic mass is 16.5. The molecule has 0 aliphatic carbocycles. The van der Waals surface area contributed by atoms with E-state index in [2.05, 4.69) is 5.92 Å². The summed E-state index contributed by atoms with van der Waals surface area (Å²) in [6.07, 6.45) is 8.07. The Morgan fingerprint density at radius 3 is 2.82 bits per heavy atom. The molecule has 2 heteroatoms. The van der Waals surface area contributed by atoms with Gasteiger partial charge in [0.15, 0.2) is 0 Å². The highest BCUT2D eigenvalue weighted by Crippen LogP contribution is 1.95. The molecule has 0 aromatic heterocycles. The summed E-state index contributed by atoms with van der Waals surface area (Å²) in [6.45, 7) is 2.29. The monoisotopic (exact) mass is 154 g/mol. The van der Waals surface area contributed by atoms with Gasteiger partial charge in [-0.25, -0.2) is 0 Å². The van der Waals surface area contributed by atoms with E-state index in [1.807, 2.05) is 0 Å². The highest BCUT2D eigenvalue weighted by molar-refractivity contribution is 5.68. The van der Waals surface area contributed by atoms with Gasteiger partial charge in [-0.15, -0.1) is 12.3 Å². The van der Waals surface area contributed by atoms with Crippen molar-refractivity contribution in [3.63, 3.8) is 0 Å². The fourth-order valence-corrected chi connectivity index (χ4v) is 0.617. The van der Waals surface area contributed by atoms with E-state index in [0.717, 1.165) is 19.3 Å². The summed E-state index contributed by atoms with van der Waals surface area (Å²) >= 11 is 0. The lowest BCUT2D eigenvalue weighted by Crippen LogP contribution is -2.03. The first kappa shape index (κ1) is 10.0. The second-order valence-electron chi connectivity index (χ2n) is 2.24. The molecule has 0 bridgehead atoms. The van der Waals surface area contributed by atoms with Gasteiger partial charge in [-0.1, -0.05) is 6.92 Å². The van der Waals surface area contributed by atoms with Crippen molar-refractivity contribution in [2.75, 3.05) is 6.61 Å². The van der Waals surface area contributed by atoms with Crippen LogP contribution in [0.15, 0.2) is 0 Å². The Morgan fingerprint density at radius 2 is 2.27 bits per heavy atom. The predicted molar refractivity (Wildman–Crippen MR) is 43.9 cm³/mol. The SMILES string of the molecule is C#CCCCCOC(=O)CC. The molecule has 0 unspecified atom stereocenters. The number of ether oxygens (including phenoxy) is 1. The molecular weight excluding hydrogens is 140 g/mol. The second-order valence-corrected chi connectivity index (χ2v) is 2.24. The van der Waals surface area contributed by atoms with Crippen molar-refractivity contribution in [1.82, 2.24) is 0 Å². The molecule has 0 heterocycles. The Bertz CT molecular complexity index is 144. The zero-order chi connectivity index (χ0) is 8.53. The summed E-state index contributed by atoms with van der Waals surface area (Å²) < 4.78 is 4.83. The van der Waals surface area contributed by atoms with Gasteiger partial charge in [0.1, 0.15) is 0 Å². The Balaban J connectivity index is 3.03. The van der Waals surface area contributed by atoms with E-state index in [0.29, 0.717) is 13.0 Å². The number of carbonyl (C=O) groups excluding carboxylic acids is 1. The predicted octanol–water partition coefficient (Wildman–Crippen LogP) is 1.74. The van der Waals surface area contributed by atoms with Crippen LogP contribution in [0.3, 0.4) is 0 Å². The molecule has 0 saturated carbocycles. The van der Waals surface area contributed by atoms with Crippen LogP contribution in [-0.4, -0.2) is 12.6 Å². The molecule has 0 N–H and O–H groups in total. The molecule has 0 amide bonds. The van der Waals surface area contributed by atoms with Gasteiger partial charge in [-0.2, -0.15) is 0 Å². The number of unbranched alkanes of at least 4 members (excludes halogenated alkanes) is 2. The van der Waals surface area contributed by atoms with Crippen LogP contribution >= 0.6 is 0 Å². The van der Waals surface area contributed by atoms with Gasteiger partial charge in [0.25, 0.3) is 0 Å². The fraction of sp³-hybridized carbons (Fsp3) is 0.667. The Morgan fingerprint density at radius 1 is 1.55 bits per heavy atom. The summed E-state index contributed by atoms with van der Waals surface area (Å²) in [5, 5.41) is 0. The zero-order valence-electron chi connectivity index (χ0n) is 6.93. The lowest BCUT2D eigenvalue weighted by Gasteiger charge is -2.00. The van der Waals surface area contributed by atoms with Gasteiger partial charge in [-0.05, 0) is 12.8 Å². The highest BCUT2D eigenvalue weighted by Gasteiger charge is 1.95. The smallest absolute Gasteiger partial charge is 0.305 e. The van der Waals surface area contributed by atoms with E-state index in [1.54, 1.807) is 6.92 Å². The maximum absolute atomic E-state index is 10.6. The van der Waals surface area contributed by atoms with E-state index in [9.17, 15) is 4.79 Å². The number of esters is 1. The normalized spacial score (nSPS) is 8.73. The first-order chi connectivity index (χ1) is 5.31. The average Bonchev–Trinajstić information content (AvgIpc) is 2.04. The first-order valence-corrected chi connectivity index (χ1v) is 3.90. The Hall–Kier alpha value is -0.970. The third kappa shape index (κ3) is 6.92. The molecule has 0 aliphatic rings. The minimum atomic E-state index is -0.134. The number of hydrogen-bond donors (Lipinski definition) is 0. The average molecular weight is 154 g/mol. The third-order valence-electron chi connectivity index (χ3n) is 1.27. The molecule has 0 aromatic rings. The van der Waals surface area contributed by atoms with Gasteiger partial charge >= 0.3 is 5.97 Å². The minimum absolute atomic E-state index is 0.134. The molecule has 0 aromatic carbocycles. The van der Waals surface area contributed by atoms with E-state index in [4.69, 9.17) is 11.2 Å². The standard InChI is InChI=1S/C9H14O2/c1-3-5-6-7-8-11-9(10)4-2/h1H,4-8H2,2H3. The molecule has 0 fully saturated rings. The van der Waals surface area contributed by atoms with Crippen molar-refractivity contribution >= 4 is 5.97 Å². The summed E-state index contributed by atoms with van der Waals surface area (Å²) in [6, 6.07) is 0. The van der Waals surface area contributed by atoms with Gasteiger partial charge in [0.05, 0.1) is 6.61 Å². The molecular formula is C9H14O2. The fourth-order valence-electron chi connectivity index (χ4n) is 0.617. The molecule has 2 nitrogen and oxygen atoms in total. The van der Waals surface area contributed by atoms with Crippen molar-refractivity contribution in [3.8, 4) is 12.3 Å². The van der Waals surface area contributed by atoms with Crippen LogP contribution in [0.25, 0.3) is 0 Å². The van der Waals surface area contributed by atoms with Gasteiger partial charge in [-0.3, -0.25) is 4.79 Å². The number of hydrogen-bond acceptors (Lipinski definition) is 2. The maximum Gasteiger partial charge on any atom is 0.305 e. The number of rotatable bonds is 5. The minimum Gasteiger partial charge on any atom is -0.466 e. The largest absolute Gasteiger partial charge is 0.466 e. The van der Waals surface area contributed by atoms with Crippen LogP contribution in [0.4, 0.5) is 0 Å². The molecule has 0 rings (SSSR count). The molecule has 0 saturated heterocycles. The van der Waals surface area contributed by atoms with E-state index in [1.165, 1.54) is 0 Å². The molecule has 62 valence electrons. The lowest BCUT2D eigenvalue weighted by atomic mass is 10.2. The van der Waals surface area contributed by atoms with Crippen LogP contribution in [0.5, 0.6) is 0 Å². The maximum atomic E-state index is 10.6. The first-order valence-electron chi connectivity index (χ1n) is 3.90. The van der Waals surface area contributed by atoms with E-state index >= 15 is 0 Å². The van der Waals surface area contributed by atoms with E-state index < -0.39 is 0 Å². The van der Waals surface area contributed by atoms with Gasteiger partial charge in [0.2, 0.25) is 0 Å². The lowest BCUT2D eigenvalue weighted by molar-refractivity contribution is -0.143. The van der Waals surface area contributed by atoms with Crippen LogP contribution in [0.1, 0.15) is 32.6 Å². The molecule has 0 spiro atoms. The van der Waals surface area contributed by atoms with Crippen LogP contribution < -0.4 is 0 Å². The van der Waals surface area contributed by atoms with Crippen LogP contribution in [0.2, 0.25) is 0 Å². The van der Waals surface area contributed by atoms with Crippen LogP contribution in [0, 0.1) is 12.3 Å². The van der Waals surface area contributed by atoms with Crippen LogP contribution in [-0.2, 0) is 9.53 Å². The van der Waals surface area contributed by atoms with Crippen molar-refractivity contribution < 1.29 is 9.53 Å². The molecule has 11 heavy (non-hydrogen) atoms. The number of terminal acetylenes is 1. The number of carbonyl (C=O) groups is 1. The van der Waals surface area contributed by atoms with Crippen molar-refractivity contribution in [1.29, 1.82) is 0 Å². The molecule has 0 aliphatic heterocycles. The van der Waals surface area contributed by atoms with Crippen molar-refractivity contribution in [3.05, 3.63) is 0 Å². The summed E-state index contributed by atoms with van der Waals surface area (Å²) in [5.74, 6) is 2.40. The summed E-state index contributed by atoms with van der Waals surface area (Å²) in [5.41, 5.74) is 0. The molecule has 0 atom stereocenters. The van der Waals surface area contributed by atoms with E-state index in [-0.39, 0.29) is 5.97 Å². The Labute approximate surface area is 67.9 Å². The molecule has 0 radical (unpaired) electrons. The second kappa shape index (κ2) is 7.14. The quantitative estimate of drug-likeness (QED) is 0.342. The topological polar surface area (TPSA) is 26.3 Å². The van der Waals surface area contributed by atoms with Gasteiger partial charge in [0, 0.05) is 12.8 Å². The summed E-state index contributed by atoms with van der Waals surface area (Å²) in [4.78, 5) is 10.6. The van der Waals surface area contributed by atoms with Gasteiger partial charge < -0.3 is 4.74 Å².